The molecule has 1 N–H and O–H groups in total. The molecule has 0 atom stereocenters. The molecule has 2 rings (SSSR count). The number of carbonyl (C=O) groups is 1. The van der Waals surface area contributed by atoms with E-state index in [0.717, 1.165) is 29.9 Å². The van der Waals surface area contributed by atoms with Crippen molar-refractivity contribution in [3.8, 4) is 5.75 Å². The Hall–Kier alpha value is -1.88. The highest BCUT2D eigenvalue weighted by Gasteiger charge is 2.07. The number of nitrogens with zero attached hydrogens (tertiary/aromatic N) is 1. The summed E-state index contributed by atoms with van der Waals surface area (Å²) in [6.45, 7) is 2.07. The van der Waals surface area contributed by atoms with Crippen molar-refractivity contribution in [1.29, 1.82) is 0 Å². The molecule has 0 radical (unpaired) electrons. The predicted octanol–water partition coefficient (Wildman–Crippen LogP) is 3.87. The first kappa shape index (κ1) is 15.5. The van der Waals surface area contributed by atoms with Crippen molar-refractivity contribution < 1.29 is 9.53 Å². The van der Waals surface area contributed by atoms with Gasteiger partial charge in [0.25, 0.3) is 0 Å². The van der Waals surface area contributed by atoms with Crippen LogP contribution in [0.2, 0.25) is 0 Å². The minimum absolute atomic E-state index is 0.0437. The first-order valence-electron chi connectivity index (χ1n) is 7.08. The van der Waals surface area contributed by atoms with E-state index in [2.05, 4.69) is 17.2 Å². The normalized spacial score (nSPS) is 10.4. The van der Waals surface area contributed by atoms with E-state index in [1.807, 2.05) is 30.5 Å². The van der Waals surface area contributed by atoms with Gasteiger partial charge in [0.15, 0.2) is 5.13 Å². The van der Waals surface area contributed by atoms with Crippen molar-refractivity contribution in [2.24, 2.45) is 0 Å². The van der Waals surface area contributed by atoms with E-state index in [4.69, 9.17) is 4.74 Å². The van der Waals surface area contributed by atoms with E-state index in [1.165, 1.54) is 16.9 Å². The quantitative estimate of drug-likeness (QED) is 0.844. The Bertz CT molecular complexity index is 578. The van der Waals surface area contributed by atoms with Crippen LogP contribution in [0.3, 0.4) is 0 Å². The maximum atomic E-state index is 11.7. The van der Waals surface area contributed by atoms with Crippen LogP contribution < -0.4 is 10.1 Å². The summed E-state index contributed by atoms with van der Waals surface area (Å²) in [5.74, 6) is 0.897. The van der Waals surface area contributed by atoms with Gasteiger partial charge < -0.3 is 10.1 Å². The Morgan fingerprint density at radius 3 is 2.76 bits per heavy atom. The number of thiazole rings is 1. The summed E-state index contributed by atoms with van der Waals surface area (Å²) in [4.78, 5) is 17.0. The van der Waals surface area contributed by atoms with E-state index in [1.54, 1.807) is 7.11 Å². The lowest BCUT2D eigenvalue weighted by Gasteiger charge is -2.01. The molecule has 21 heavy (non-hydrogen) atoms. The Morgan fingerprint density at radius 2 is 2.10 bits per heavy atom. The van der Waals surface area contributed by atoms with Gasteiger partial charge in [0.05, 0.1) is 7.11 Å². The molecule has 0 aliphatic rings. The van der Waals surface area contributed by atoms with Crippen molar-refractivity contribution in [3.63, 3.8) is 0 Å². The van der Waals surface area contributed by atoms with Crippen LogP contribution in [0.15, 0.2) is 30.5 Å². The monoisotopic (exact) mass is 304 g/mol. The first-order chi connectivity index (χ1) is 10.2. The van der Waals surface area contributed by atoms with Crippen molar-refractivity contribution >= 4 is 22.4 Å². The molecule has 1 amide bonds. The van der Waals surface area contributed by atoms with Gasteiger partial charge in [0, 0.05) is 23.9 Å². The smallest absolute Gasteiger partial charge is 0.226 e. The van der Waals surface area contributed by atoms with Crippen molar-refractivity contribution in [2.45, 2.75) is 32.6 Å². The Balaban J connectivity index is 1.91. The van der Waals surface area contributed by atoms with Crippen LogP contribution in [-0.2, 0) is 11.2 Å². The van der Waals surface area contributed by atoms with Gasteiger partial charge in [-0.15, -0.1) is 11.3 Å². The largest absolute Gasteiger partial charge is 0.497 e. The van der Waals surface area contributed by atoms with Gasteiger partial charge in [0.2, 0.25) is 5.91 Å². The number of anilines is 1. The average Bonchev–Trinajstić information content (AvgIpc) is 2.93. The van der Waals surface area contributed by atoms with Gasteiger partial charge in [-0.3, -0.25) is 4.79 Å². The number of aromatic nitrogens is 1. The Morgan fingerprint density at radius 1 is 1.33 bits per heavy atom. The number of benzene rings is 1. The fourth-order valence-electron chi connectivity index (χ4n) is 1.91. The molecule has 1 aromatic carbocycles. The molecule has 4 nitrogen and oxygen atoms in total. The van der Waals surface area contributed by atoms with Gasteiger partial charge in [-0.05, 0) is 24.1 Å². The molecule has 2 aromatic rings. The number of rotatable bonds is 7. The third-order valence-electron chi connectivity index (χ3n) is 3.09. The van der Waals surface area contributed by atoms with Crippen LogP contribution in [-0.4, -0.2) is 18.0 Å². The Kier molecular flexibility index (Phi) is 5.75. The second-order valence-corrected chi connectivity index (χ2v) is 5.92. The molecule has 1 aromatic heterocycles. The molecule has 0 aliphatic heterocycles. The topological polar surface area (TPSA) is 51.2 Å². The summed E-state index contributed by atoms with van der Waals surface area (Å²) in [6, 6.07) is 7.98. The third kappa shape index (κ3) is 4.86. The SMILES string of the molecule is CCCCC(=O)Nc1ncc(Cc2ccc(OC)cc2)s1. The summed E-state index contributed by atoms with van der Waals surface area (Å²) in [7, 11) is 1.66. The van der Waals surface area contributed by atoms with E-state index < -0.39 is 0 Å². The molecule has 0 aliphatic carbocycles. The van der Waals surface area contributed by atoms with Crippen LogP contribution in [0, 0.1) is 0 Å². The number of ether oxygens (including phenoxy) is 1. The fourth-order valence-corrected chi connectivity index (χ4v) is 2.77. The van der Waals surface area contributed by atoms with Crippen LogP contribution in [0.1, 0.15) is 36.6 Å². The highest BCUT2D eigenvalue weighted by Crippen LogP contribution is 2.22. The second kappa shape index (κ2) is 7.78. The van der Waals surface area contributed by atoms with E-state index in [9.17, 15) is 4.79 Å². The number of carbonyl (C=O) groups excluding carboxylic acids is 1. The summed E-state index contributed by atoms with van der Waals surface area (Å²) in [5.41, 5.74) is 1.20. The highest BCUT2D eigenvalue weighted by atomic mass is 32.1. The lowest BCUT2D eigenvalue weighted by Crippen LogP contribution is -2.10. The molecule has 0 bridgehead atoms. The minimum atomic E-state index is 0.0437. The molecule has 0 saturated heterocycles. The summed E-state index contributed by atoms with van der Waals surface area (Å²) >= 11 is 1.53. The molecule has 0 spiro atoms. The van der Waals surface area contributed by atoms with Crippen LogP contribution in [0.5, 0.6) is 5.75 Å². The molecule has 112 valence electrons. The first-order valence-corrected chi connectivity index (χ1v) is 7.90. The summed E-state index contributed by atoms with van der Waals surface area (Å²) in [5, 5.41) is 3.53. The number of nitrogens with one attached hydrogen (secondary N) is 1. The van der Waals surface area contributed by atoms with Crippen LogP contribution >= 0.6 is 11.3 Å². The van der Waals surface area contributed by atoms with Gasteiger partial charge in [-0.1, -0.05) is 25.5 Å². The molecule has 5 heteroatoms. The number of hydrogen-bond donors (Lipinski definition) is 1. The zero-order valence-corrected chi connectivity index (χ0v) is 13.2. The van der Waals surface area contributed by atoms with Crippen LogP contribution in [0.25, 0.3) is 0 Å². The van der Waals surface area contributed by atoms with Gasteiger partial charge in [0.1, 0.15) is 5.75 Å². The fraction of sp³-hybridized carbons (Fsp3) is 0.375. The highest BCUT2D eigenvalue weighted by molar-refractivity contribution is 7.15. The summed E-state index contributed by atoms with van der Waals surface area (Å²) in [6.07, 6.45) is 5.13. The van der Waals surface area contributed by atoms with Crippen molar-refractivity contribution in [1.82, 2.24) is 4.98 Å². The van der Waals surface area contributed by atoms with E-state index in [0.29, 0.717) is 11.6 Å². The van der Waals surface area contributed by atoms with Crippen LogP contribution in [0.4, 0.5) is 5.13 Å². The number of hydrogen-bond acceptors (Lipinski definition) is 4. The number of amides is 1. The van der Waals surface area contributed by atoms with Crippen molar-refractivity contribution in [2.75, 3.05) is 12.4 Å². The van der Waals surface area contributed by atoms with Crippen molar-refractivity contribution in [3.05, 3.63) is 40.9 Å². The van der Waals surface area contributed by atoms with Gasteiger partial charge in [-0.25, -0.2) is 4.98 Å². The zero-order chi connectivity index (χ0) is 15.1. The molecule has 0 fully saturated rings. The molecular formula is C16H20N2O2S. The number of methoxy groups -OCH3 is 1. The molecule has 1 heterocycles. The molecule has 0 saturated carbocycles. The molecule has 0 unspecified atom stereocenters. The lowest BCUT2D eigenvalue weighted by atomic mass is 10.1. The van der Waals surface area contributed by atoms with E-state index >= 15 is 0 Å². The summed E-state index contributed by atoms with van der Waals surface area (Å²) < 4.78 is 5.14. The van der Waals surface area contributed by atoms with Gasteiger partial charge >= 0.3 is 0 Å². The number of unbranched alkanes of at least 4 members (excludes halogenated alkanes) is 1. The Labute approximate surface area is 129 Å². The second-order valence-electron chi connectivity index (χ2n) is 4.81. The zero-order valence-electron chi connectivity index (χ0n) is 12.4. The van der Waals surface area contributed by atoms with Gasteiger partial charge in [-0.2, -0.15) is 0 Å². The standard InChI is InChI=1S/C16H20N2O2S/c1-3-4-5-15(19)18-16-17-11-14(21-16)10-12-6-8-13(20-2)9-7-12/h6-9,11H,3-5,10H2,1-2H3,(H,17,18,19). The third-order valence-corrected chi connectivity index (χ3v) is 4.01. The predicted molar refractivity (Wildman–Crippen MR) is 86.1 cm³/mol. The maximum absolute atomic E-state index is 11.7. The molecular weight excluding hydrogens is 284 g/mol. The van der Waals surface area contributed by atoms with E-state index in [-0.39, 0.29) is 5.91 Å². The lowest BCUT2D eigenvalue weighted by molar-refractivity contribution is -0.116. The minimum Gasteiger partial charge on any atom is -0.497 e. The average molecular weight is 304 g/mol. The maximum Gasteiger partial charge on any atom is 0.226 e.